The summed E-state index contributed by atoms with van der Waals surface area (Å²) in [7, 11) is 0. The third-order valence-electron chi connectivity index (χ3n) is 4.40. The van der Waals surface area contributed by atoms with Crippen molar-refractivity contribution in [2.75, 3.05) is 6.54 Å². The Kier molecular flexibility index (Phi) is 4.57. The second-order valence-corrected chi connectivity index (χ2v) is 7.59. The minimum absolute atomic E-state index is 0.0130. The van der Waals surface area contributed by atoms with Gasteiger partial charge in [0.2, 0.25) is 11.8 Å². The second-order valence-electron chi connectivity index (χ2n) is 7.59. The number of carbonyl (C=O) groups is 2. The highest BCUT2D eigenvalue weighted by atomic mass is 16.2. The summed E-state index contributed by atoms with van der Waals surface area (Å²) in [6, 6.07) is 0. The number of nitrogens with zero attached hydrogens (tertiary/aromatic N) is 1. The van der Waals surface area contributed by atoms with Crippen LogP contribution in [0.5, 0.6) is 0 Å². The molecule has 0 atom stereocenters. The standard InChI is InChI=1S/C16H30N2O2/c1-8-16(9-2)12(19)17-15(6,7)13(20)18(16)11-10-14(3,4)5/h8-11H2,1-7H3,(H,17,19). The summed E-state index contributed by atoms with van der Waals surface area (Å²) in [5.41, 5.74) is -1.34. The molecule has 1 N–H and O–H groups in total. The van der Waals surface area contributed by atoms with E-state index in [1.807, 2.05) is 18.7 Å². The molecular weight excluding hydrogens is 252 g/mol. The average Bonchev–Trinajstić information content (AvgIpc) is 2.30. The van der Waals surface area contributed by atoms with Crippen molar-refractivity contribution in [1.29, 1.82) is 0 Å². The van der Waals surface area contributed by atoms with Gasteiger partial charge in [-0.05, 0) is 38.5 Å². The number of hydrogen-bond donors (Lipinski definition) is 1. The molecule has 1 fully saturated rings. The predicted octanol–water partition coefficient (Wildman–Crippen LogP) is 2.72. The van der Waals surface area contributed by atoms with E-state index in [0.717, 1.165) is 6.42 Å². The van der Waals surface area contributed by atoms with Crippen LogP contribution >= 0.6 is 0 Å². The number of piperazine rings is 1. The van der Waals surface area contributed by atoms with Gasteiger partial charge in [0, 0.05) is 6.54 Å². The number of hydrogen-bond acceptors (Lipinski definition) is 2. The maximum Gasteiger partial charge on any atom is 0.248 e. The van der Waals surface area contributed by atoms with Gasteiger partial charge in [0.05, 0.1) is 0 Å². The zero-order valence-corrected chi connectivity index (χ0v) is 14.1. The SMILES string of the molecule is CCC1(CC)C(=O)NC(C)(C)C(=O)N1CCC(C)(C)C. The summed E-state index contributed by atoms with van der Waals surface area (Å²) in [6.07, 6.45) is 2.20. The van der Waals surface area contributed by atoms with Gasteiger partial charge in [-0.25, -0.2) is 0 Å². The monoisotopic (exact) mass is 282 g/mol. The average molecular weight is 282 g/mol. The zero-order valence-electron chi connectivity index (χ0n) is 14.1. The minimum Gasteiger partial charge on any atom is -0.340 e. The molecule has 1 saturated heterocycles. The number of amides is 2. The second kappa shape index (κ2) is 5.38. The Morgan fingerprint density at radius 2 is 1.60 bits per heavy atom. The lowest BCUT2D eigenvalue weighted by Gasteiger charge is -2.51. The highest BCUT2D eigenvalue weighted by Crippen LogP contribution is 2.33. The molecule has 1 heterocycles. The first kappa shape index (κ1) is 17.0. The highest BCUT2D eigenvalue weighted by molar-refractivity contribution is 6.01. The van der Waals surface area contributed by atoms with E-state index >= 15 is 0 Å². The molecule has 0 aromatic rings. The van der Waals surface area contributed by atoms with E-state index in [2.05, 4.69) is 26.1 Å². The van der Waals surface area contributed by atoms with Crippen molar-refractivity contribution in [1.82, 2.24) is 10.2 Å². The lowest BCUT2D eigenvalue weighted by Crippen LogP contribution is -2.74. The smallest absolute Gasteiger partial charge is 0.248 e. The van der Waals surface area contributed by atoms with Gasteiger partial charge in [-0.3, -0.25) is 9.59 Å². The molecule has 1 rings (SSSR count). The Hall–Kier alpha value is -1.06. The lowest BCUT2D eigenvalue weighted by molar-refractivity contribution is -0.163. The summed E-state index contributed by atoms with van der Waals surface area (Å²) in [5.74, 6) is 0.0195. The van der Waals surface area contributed by atoms with Crippen LogP contribution in [0.3, 0.4) is 0 Å². The molecule has 0 saturated carbocycles. The van der Waals surface area contributed by atoms with E-state index in [9.17, 15) is 9.59 Å². The first-order chi connectivity index (χ1) is 9.00. The first-order valence-corrected chi connectivity index (χ1v) is 7.65. The summed E-state index contributed by atoms with van der Waals surface area (Å²) < 4.78 is 0. The van der Waals surface area contributed by atoms with Crippen LogP contribution in [0.4, 0.5) is 0 Å². The Morgan fingerprint density at radius 3 is 2.00 bits per heavy atom. The van der Waals surface area contributed by atoms with Gasteiger partial charge in [-0.15, -0.1) is 0 Å². The highest BCUT2D eigenvalue weighted by Gasteiger charge is 2.53. The third-order valence-corrected chi connectivity index (χ3v) is 4.40. The van der Waals surface area contributed by atoms with Crippen molar-refractivity contribution in [3.8, 4) is 0 Å². The molecule has 1 aliphatic rings. The quantitative estimate of drug-likeness (QED) is 0.862. The van der Waals surface area contributed by atoms with Gasteiger partial charge < -0.3 is 10.2 Å². The molecule has 0 radical (unpaired) electrons. The Labute approximate surface area is 123 Å². The van der Waals surface area contributed by atoms with Crippen LogP contribution in [-0.2, 0) is 9.59 Å². The normalized spacial score (nSPS) is 21.9. The van der Waals surface area contributed by atoms with Crippen LogP contribution in [0.2, 0.25) is 0 Å². The molecule has 4 heteroatoms. The van der Waals surface area contributed by atoms with E-state index in [-0.39, 0.29) is 17.2 Å². The van der Waals surface area contributed by atoms with Crippen LogP contribution in [0.15, 0.2) is 0 Å². The molecule has 0 aliphatic carbocycles. The molecule has 4 nitrogen and oxygen atoms in total. The fraction of sp³-hybridized carbons (Fsp3) is 0.875. The zero-order chi connectivity index (χ0) is 15.8. The van der Waals surface area contributed by atoms with E-state index in [1.165, 1.54) is 0 Å². The first-order valence-electron chi connectivity index (χ1n) is 7.65. The largest absolute Gasteiger partial charge is 0.340 e. The van der Waals surface area contributed by atoms with Crippen molar-refractivity contribution >= 4 is 11.8 Å². The van der Waals surface area contributed by atoms with Crippen LogP contribution < -0.4 is 5.32 Å². The minimum atomic E-state index is -0.803. The van der Waals surface area contributed by atoms with Crippen molar-refractivity contribution in [2.24, 2.45) is 5.41 Å². The maximum absolute atomic E-state index is 12.8. The molecule has 0 spiro atoms. The fourth-order valence-electron chi connectivity index (χ4n) is 2.82. The number of nitrogens with one attached hydrogen (secondary N) is 1. The molecule has 0 aromatic carbocycles. The van der Waals surface area contributed by atoms with E-state index in [0.29, 0.717) is 19.4 Å². The van der Waals surface area contributed by atoms with Gasteiger partial charge in [-0.2, -0.15) is 0 Å². The molecular formula is C16H30N2O2. The molecule has 20 heavy (non-hydrogen) atoms. The maximum atomic E-state index is 12.8. The summed E-state index contributed by atoms with van der Waals surface area (Å²) in [4.78, 5) is 27.2. The van der Waals surface area contributed by atoms with Crippen LogP contribution in [0.1, 0.15) is 67.7 Å². The molecule has 0 aromatic heterocycles. The summed E-state index contributed by atoms with van der Waals surface area (Å²) in [5, 5.41) is 2.90. The summed E-state index contributed by atoms with van der Waals surface area (Å²) in [6.45, 7) is 14.7. The molecule has 1 aliphatic heterocycles. The Balaban J connectivity index is 3.14. The van der Waals surface area contributed by atoms with E-state index in [4.69, 9.17) is 0 Å². The fourth-order valence-corrected chi connectivity index (χ4v) is 2.82. The van der Waals surface area contributed by atoms with Crippen molar-refractivity contribution < 1.29 is 9.59 Å². The van der Waals surface area contributed by atoms with Crippen LogP contribution in [0, 0.1) is 5.41 Å². The number of carbonyl (C=O) groups excluding carboxylic acids is 2. The van der Waals surface area contributed by atoms with Gasteiger partial charge >= 0.3 is 0 Å². The Morgan fingerprint density at radius 1 is 1.10 bits per heavy atom. The molecule has 116 valence electrons. The van der Waals surface area contributed by atoms with E-state index < -0.39 is 11.1 Å². The van der Waals surface area contributed by atoms with Crippen LogP contribution in [0.25, 0.3) is 0 Å². The van der Waals surface area contributed by atoms with Crippen molar-refractivity contribution in [3.05, 3.63) is 0 Å². The molecule has 0 bridgehead atoms. The number of rotatable bonds is 4. The Bertz CT molecular complexity index is 390. The van der Waals surface area contributed by atoms with Gasteiger partial charge in [0.1, 0.15) is 11.1 Å². The van der Waals surface area contributed by atoms with E-state index in [1.54, 1.807) is 13.8 Å². The molecule has 0 unspecified atom stereocenters. The van der Waals surface area contributed by atoms with Gasteiger partial charge in [0.15, 0.2) is 0 Å². The third kappa shape index (κ3) is 2.99. The lowest BCUT2D eigenvalue weighted by atomic mass is 9.81. The summed E-state index contributed by atoms with van der Waals surface area (Å²) >= 11 is 0. The van der Waals surface area contributed by atoms with Gasteiger partial charge in [-0.1, -0.05) is 34.6 Å². The van der Waals surface area contributed by atoms with Crippen LogP contribution in [-0.4, -0.2) is 34.3 Å². The molecule has 2 amide bonds. The van der Waals surface area contributed by atoms with Crippen molar-refractivity contribution in [3.63, 3.8) is 0 Å². The van der Waals surface area contributed by atoms with Gasteiger partial charge in [0.25, 0.3) is 0 Å². The van der Waals surface area contributed by atoms with Crippen molar-refractivity contribution in [2.45, 2.75) is 78.8 Å². The predicted molar refractivity (Wildman–Crippen MR) is 81.3 cm³/mol. The topological polar surface area (TPSA) is 49.4 Å².